The Morgan fingerprint density at radius 3 is 2.36 bits per heavy atom. The molecule has 0 heterocycles. The quantitative estimate of drug-likeness (QED) is 0.733. The smallest absolute Gasteiger partial charge is 0.398 e. The van der Waals surface area contributed by atoms with Crippen LogP contribution in [0.5, 0.6) is 0 Å². The van der Waals surface area contributed by atoms with E-state index in [0.717, 1.165) is 12.1 Å². The van der Waals surface area contributed by atoms with Gasteiger partial charge in [-0.3, -0.25) is 0 Å². The van der Waals surface area contributed by atoms with Crippen LogP contribution in [0.25, 0.3) is 0 Å². The van der Waals surface area contributed by atoms with Crippen molar-refractivity contribution in [1.29, 1.82) is 5.26 Å². The van der Waals surface area contributed by atoms with Crippen LogP contribution in [0, 0.1) is 11.3 Å². The number of nitrogens with two attached hydrogens (primary N) is 1. The fraction of sp³-hybridized carbons (Fsp3) is 0.125. The third-order valence-corrected chi connectivity index (χ3v) is 2.25. The number of nitrogens with zero attached hydrogens (tertiary/aromatic N) is 1. The van der Waals surface area contributed by atoms with Crippen molar-refractivity contribution in [3.8, 4) is 6.07 Å². The highest BCUT2D eigenvalue weighted by Crippen LogP contribution is 2.35. The molecule has 1 aromatic carbocycles. The first kappa shape index (κ1) is 10.9. The summed E-state index contributed by atoms with van der Waals surface area (Å²) in [6.07, 6.45) is -4.54. The highest BCUT2D eigenvalue weighted by molar-refractivity contribution is 9.10. The van der Waals surface area contributed by atoms with Crippen LogP contribution >= 0.6 is 15.9 Å². The summed E-state index contributed by atoms with van der Waals surface area (Å²) in [5, 5.41) is 8.48. The second-order valence-corrected chi connectivity index (χ2v) is 3.38. The molecule has 14 heavy (non-hydrogen) atoms. The van der Waals surface area contributed by atoms with E-state index in [9.17, 15) is 13.2 Å². The van der Waals surface area contributed by atoms with Crippen LogP contribution in [0.3, 0.4) is 0 Å². The summed E-state index contributed by atoms with van der Waals surface area (Å²) in [6.45, 7) is 0. The van der Waals surface area contributed by atoms with Crippen LogP contribution in [0.2, 0.25) is 0 Å². The first-order chi connectivity index (χ1) is 6.36. The number of rotatable bonds is 0. The van der Waals surface area contributed by atoms with E-state index >= 15 is 0 Å². The summed E-state index contributed by atoms with van der Waals surface area (Å²) in [4.78, 5) is 0. The first-order valence-corrected chi connectivity index (χ1v) is 4.22. The lowest BCUT2D eigenvalue weighted by molar-refractivity contribution is -0.137. The first-order valence-electron chi connectivity index (χ1n) is 3.42. The summed E-state index contributed by atoms with van der Waals surface area (Å²) < 4.78 is 37.1. The predicted octanol–water partition coefficient (Wildman–Crippen LogP) is 2.92. The molecule has 0 saturated heterocycles. The highest BCUT2D eigenvalue weighted by atomic mass is 79.9. The van der Waals surface area contributed by atoms with Crippen molar-refractivity contribution in [2.75, 3.05) is 5.73 Å². The molecule has 1 aromatic rings. The van der Waals surface area contributed by atoms with Crippen LogP contribution < -0.4 is 5.73 Å². The number of nitrogen functional groups attached to an aromatic ring is 1. The minimum atomic E-state index is -4.54. The number of alkyl halides is 3. The highest BCUT2D eigenvalue weighted by Gasteiger charge is 2.34. The zero-order valence-corrected chi connectivity index (χ0v) is 8.28. The molecule has 2 nitrogen and oxygen atoms in total. The molecule has 0 aliphatic heterocycles. The Balaban J connectivity index is 3.45. The van der Waals surface area contributed by atoms with Gasteiger partial charge in [-0.1, -0.05) is 0 Å². The Hall–Kier alpha value is -1.22. The van der Waals surface area contributed by atoms with Gasteiger partial charge in [-0.05, 0) is 28.1 Å². The normalized spacial score (nSPS) is 11.1. The van der Waals surface area contributed by atoms with Crippen LogP contribution in [0.15, 0.2) is 16.6 Å². The summed E-state index contributed by atoms with van der Waals surface area (Å²) >= 11 is 2.87. The van der Waals surface area contributed by atoms with E-state index in [0.29, 0.717) is 0 Å². The van der Waals surface area contributed by atoms with Gasteiger partial charge >= 0.3 is 6.18 Å². The molecule has 2 N–H and O–H groups in total. The maximum atomic E-state index is 12.3. The van der Waals surface area contributed by atoms with Crippen LogP contribution in [-0.2, 0) is 6.18 Å². The van der Waals surface area contributed by atoms with Gasteiger partial charge in [0.2, 0.25) is 0 Å². The lowest BCUT2D eigenvalue weighted by Gasteiger charge is -2.10. The molecule has 74 valence electrons. The molecule has 6 heteroatoms. The average Bonchev–Trinajstić information content (AvgIpc) is 2.07. The van der Waals surface area contributed by atoms with Crippen LogP contribution in [0.1, 0.15) is 11.1 Å². The van der Waals surface area contributed by atoms with Gasteiger partial charge in [0.25, 0.3) is 0 Å². The zero-order chi connectivity index (χ0) is 10.9. The topological polar surface area (TPSA) is 49.8 Å². The molecule has 0 amide bonds. The minimum Gasteiger partial charge on any atom is -0.398 e. The van der Waals surface area contributed by atoms with Crippen LogP contribution in [-0.4, -0.2) is 0 Å². The maximum Gasteiger partial charge on any atom is 0.417 e. The van der Waals surface area contributed by atoms with Crippen molar-refractivity contribution >= 4 is 21.6 Å². The van der Waals surface area contributed by atoms with Crippen molar-refractivity contribution in [3.05, 3.63) is 27.7 Å². The summed E-state index contributed by atoms with van der Waals surface area (Å²) in [7, 11) is 0. The Morgan fingerprint density at radius 2 is 1.93 bits per heavy atom. The van der Waals surface area contributed by atoms with E-state index in [1.807, 2.05) is 0 Å². The molecule has 0 saturated carbocycles. The second-order valence-electron chi connectivity index (χ2n) is 2.53. The molecule has 0 unspecified atom stereocenters. The molecule has 1 rings (SSSR count). The fourth-order valence-electron chi connectivity index (χ4n) is 0.917. The Kier molecular flexibility index (Phi) is 2.71. The van der Waals surface area contributed by atoms with Crippen molar-refractivity contribution in [2.24, 2.45) is 0 Å². The van der Waals surface area contributed by atoms with E-state index in [4.69, 9.17) is 11.0 Å². The predicted molar refractivity (Wildman–Crippen MR) is 48.3 cm³/mol. The van der Waals surface area contributed by atoms with E-state index in [2.05, 4.69) is 15.9 Å². The summed E-state index contributed by atoms with van der Waals surface area (Å²) in [5.74, 6) is 0. The molecule has 0 aromatic heterocycles. The van der Waals surface area contributed by atoms with E-state index in [1.54, 1.807) is 0 Å². The third-order valence-electron chi connectivity index (χ3n) is 1.56. The van der Waals surface area contributed by atoms with Gasteiger partial charge in [0.1, 0.15) is 0 Å². The minimum absolute atomic E-state index is 0.106. The number of halogens is 4. The van der Waals surface area contributed by atoms with Gasteiger partial charge in [-0.2, -0.15) is 18.4 Å². The van der Waals surface area contributed by atoms with Gasteiger partial charge in [0, 0.05) is 10.2 Å². The number of hydrogen-bond donors (Lipinski definition) is 1. The van der Waals surface area contributed by atoms with Gasteiger partial charge in [0.05, 0.1) is 17.2 Å². The Labute approximate surface area is 86.3 Å². The SMILES string of the molecule is N#Cc1cc(N)c(Br)cc1C(F)(F)F. The molecule has 0 spiro atoms. The van der Waals surface area contributed by atoms with Crippen molar-refractivity contribution in [1.82, 2.24) is 0 Å². The molecule has 0 bridgehead atoms. The molecule has 0 aliphatic rings. The second kappa shape index (κ2) is 3.50. The van der Waals surface area contributed by atoms with Gasteiger partial charge in [0.15, 0.2) is 0 Å². The molecule has 0 aliphatic carbocycles. The van der Waals surface area contributed by atoms with Gasteiger partial charge in [-0.15, -0.1) is 0 Å². The number of hydrogen-bond acceptors (Lipinski definition) is 2. The number of nitriles is 1. The number of anilines is 1. The summed E-state index contributed by atoms with van der Waals surface area (Å²) in [5.41, 5.74) is 3.99. The van der Waals surface area contributed by atoms with E-state index in [-0.39, 0.29) is 10.2 Å². The van der Waals surface area contributed by atoms with Crippen molar-refractivity contribution < 1.29 is 13.2 Å². The zero-order valence-electron chi connectivity index (χ0n) is 6.69. The Bertz CT molecular complexity index is 406. The molecule has 0 atom stereocenters. The molecule has 0 radical (unpaired) electrons. The molecule has 0 fully saturated rings. The van der Waals surface area contributed by atoms with E-state index < -0.39 is 17.3 Å². The monoisotopic (exact) mass is 264 g/mol. The lowest BCUT2D eigenvalue weighted by Crippen LogP contribution is -2.08. The fourth-order valence-corrected chi connectivity index (χ4v) is 1.26. The summed E-state index contributed by atoms with van der Waals surface area (Å²) in [6, 6.07) is 3.24. The maximum absolute atomic E-state index is 12.3. The Morgan fingerprint density at radius 1 is 1.36 bits per heavy atom. The van der Waals surface area contributed by atoms with Gasteiger partial charge < -0.3 is 5.73 Å². The number of benzene rings is 1. The average molecular weight is 265 g/mol. The van der Waals surface area contributed by atoms with E-state index in [1.165, 1.54) is 6.07 Å². The van der Waals surface area contributed by atoms with Crippen molar-refractivity contribution in [3.63, 3.8) is 0 Å². The standard InChI is InChI=1S/C8H4BrF3N2/c9-6-2-5(8(10,11)12)4(3-13)1-7(6)14/h1-2H,14H2. The largest absolute Gasteiger partial charge is 0.417 e. The molecular formula is C8H4BrF3N2. The molecular weight excluding hydrogens is 261 g/mol. The lowest BCUT2D eigenvalue weighted by atomic mass is 10.1. The van der Waals surface area contributed by atoms with Crippen LogP contribution in [0.4, 0.5) is 18.9 Å². The van der Waals surface area contributed by atoms with Gasteiger partial charge in [-0.25, -0.2) is 0 Å². The third kappa shape index (κ3) is 1.99. The van der Waals surface area contributed by atoms with Crippen molar-refractivity contribution in [2.45, 2.75) is 6.18 Å².